The summed E-state index contributed by atoms with van der Waals surface area (Å²) in [4.78, 5) is 32.6. The molecule has 2 heterocycles. The number of carbonyl (C=O) groups excluding carboxylic acids is 2. The smallest absolute Gasteiger partial charge is 0.322 e. The highest BCUT2D eigenvalue weighted by atomic mass is 79.9. The van der Waals surface area contributed by atoms with Crippen LogP contribution in [0.5, 0.6) is 0 Å². The number of aryl methyl sites for hydroxylation is 1. The fraction of sp³-hybridized carbons (Fsp3) is 0.333. The number of hydrogen-bond acceptors (Lipinski definition) is 4. The minimum atomic E-state index is -0.303. The van der Waals surface area contributed by atoms with Gasteiger partial charge in [-0.25, -0.2) is 4.79 Å². The molecular formula is C27H30BrN3O3S. The molecule has 1 fully saturated rings. The summed E-state index contributed by atoms with van der Waals surface area (Å²) in [6.07, 6.45) is 1.80. The molecule has 3 aromatic rings. The molecule has 1 aliphatic heterocycles. The molecule has 1 unspecified atom stereocenters. The highest BCUT2D eigenvalue weighted by Gasteiger charge is 2.27. The Hall–Kier alpha value is -2.68. The fourth-order valence-corrected chi connectivity index (χ4v) is 5.22. The van der Waals surface area contributed by atoms with Crippen LogP contribution in [0, 0.1) is 6.92 Å². The second kappa shape index (κ2) is 12.3. The SMILES string of the molecule is Cc1ccc(CN(Cc2ccccc2)C(=O)CN(CC2CCCO2)C(=O)Nc2ccc(Br)cc2)s1. The largest absolute Gasteiger partial charge is 0.376 e. The molecule has 184 valence electrons. The number of thiophene rings is 1. The van der Waals surface area contributed by atoms with Gasteiger partial charge in [-0.15, -0.1) is 11.3 Å². The Morgan fingerprint density at radius 1 is 1.03 bits per heavy atom. The number of carbonyl (C=O) groups is 2. The summed E-state index contributed by atoms with van der Waals surface area (Å²) in [6, 6.07) is 21.2. The molecule has 0 spiro atoms. The van der Waals surface area contributed by atoms with Crippen LogP contribution in [0.15, 0.2) is 71.2 Å². The minimum Gasteiger partial charge on any atom is -0.376 e. The summed E-state index contributed by atoms with van der Waals surface area (Å²) in [7, 11) is 0. The summed E-state index contributed by atoms with van der Waals surface area (Å²) in [5.74, 6) is -0.0936. The van der Waals surface area contributed by atoms with Gasteiger partial charge in [-0.2, -0.15) is 0 Å². The Morgan fingerprint density at radius 3 is 2.46 bits per heavy atom. The topological polar surface area (TPSA) is 61.9 Å². The van der Waals surface area contributed by atoms with Crippen LogP contribution in [0.3, 0.4) is 0 Å². The minimum absolute atomic E-state index is 0.0145. The van der Waals surface area contributed by atoms with E-state index in [0.29, 0.717) is 31.9 Å². The second-order valence-corrected chi connectivity index (χ2v) is 11.0. The van der Waals surface area contributed by atoms with E-state index in [4.69, 9.17) is 4.74 Å². The first-order valence-corrected chi connectivity index (χ1v) is 13.4. The van der Waals surface area contributed by atoms with Gasteiger partial charge in [-0.1, -0.05) is 46.3 Å². The summed E-state index contributed by atoms with van der Waals surface area (Å²) >= 11 is 5.10. The van der Waals surface area contributed by atoms with Crippen LogP contribution in [0.2, 0.25) is 0 Å². The molecule has 0 radical (unpaired) electrons. The third-order valence-corrected chi connectivity index (χ3v) is 7.38. The van der Waals surface area contributed by atoms with Gasteiger partial charge in [0.1, 0.15) is 6.54 Å². The number of benzene rings is 2. The number of nitrogens with one attached hydrogen (secondary N) is 1. The van der Waals surface area contributed by atoms with Gasteiger partial charge in [0, 0.05) is 39.6 Å². The normalized spacial score (nSPS) is 15.1. The summed E-state index contributed by atoms with van der Waals surface area (Å²) in [5.41, 5.74) is 1.73. The Morgan fingerprint density at radius 2 is 1.80 bits per heavy atom. The Kier molecular flexibility index (Phi) is 8.95. The van der Waals surface area contributed by atoms with Crippen LogP contribution in [0.25, 0.3) is 0 Å². The molecular weight excluding hydrogens is 526 g/mol. The van der Waals surface area contributed by atoms with Gasteiger partial charge in [-0.3, -0.25) is 4.79 Å². The maximum Gasteiger partial charge on any atom is 0.322 e. The molecule has 2 aromatic carbocycles. The van der Waals surface area contributed by atoms with Crippen molar-refractivity contribution in [3.8, 4) is 0 Å². The van der Waals surface area contributed by atoms with Gasteiger partial charge in [0.15, 0.2) is 0 Å². The summed E-state index contributed by atoms with van der Waals surface area (Å²) < 4.78 is 6.72. The Bertz CT molecular complexity index is 1110. The predicted octanol–water partition coefficient (Wildman–Crippen LogP) is 6.06. The van der Waals surface area contributed by atoms with Gasteiger partial charge < -0.3 is 19.9 Å². The zero-order valence-electron chi connectivity index (χ0n) is 19.8. The first-order valence-electron chi connectivity index (χ1n) is 11.8. The van der Waals surface area contributed by atoms with Gasteiger partial charge in [0.05, 0.1) is 12.6 Å². The van der Waals surface area contributed by atoms with E-state index in [1.807, 2.05) is 59.5 Å². The van der Waals surface area contributed by atoms with Gasteiger partial charge in [0.2, 0.25) is 5.91 Å². The van der Waals surface area contributed by atoms with E-state index in [2.05, 4.69) is 40.3 Å². The van der Waals surface area contributed by atoms with E-state index in [-0.39, 0.29) is 24.6 Å². The van der Waals surface area contributed by atoms with Crippen LogP contribution in [0.4, 0.5) is 10.5 Å². The van der Waals surface area contributed by atoms with E-state index in [0.717, 1.165) is 27.8 Å². The average molecular weight is 557 g/mol. The number of anilines is 1. The van der Waals surface area contributed by atoms with Crippen molar-refractivity contribution in [3.05, 3.63) is 86.5 Å². The van der Waals surface area contributed by atoms with E-state index >= 15 is 0 Å². The molecule has 35 heavy (non-hydrogen) atoms. The Balaban J connectivity index is 1.50. The molecule has 1 atom stereocenters. The molecule has 8 heteroatoms. The third kappa shape index (κ3) is 7.65. The summed E-state index contributed by atoms with van der Waals surface area (Å²) in [6.45, 7) is 4.11. The maximum atomic E-state index is 13.6. The molecule has 3 amide bonds. The van der Waals surface area contributed by atoms with E-state index in [1.54, 1.807) is 16.2 Å². The number of hydrogen-bond donors (Lipinski definition) is 1. The quantitative estimate of drug-likeness (QED) is 0.349. The van der Waals surface area contributed by atoms with E-state index in [9.17, 15) is 9.59 Å². The molecule has 6 nitrogen and oxygen atoms in total. The number of halogens is 1. The van der Waals surface area contributed by atoms with Crippen LogP contribution < -0.4 is 5.32 Å². The zero-order chi connectivity index (χ0) is 24.6. The first kappa shape index (κ1) is 25.4. The lowest BCUT2D eigenvalue weighted by Gasteiger charge is -2.29. The molecule has 1 aliphatic rings. The van der Waals surface area contributed by atoms with Gasteiger partial charge in [-0.05, 0) is 61.7 Å². The van der Waals surface area contributed by atoms with Crippen molar-refractivity contribution in [2.24, 2.45) is 0 Å². The van der Waals surface area contributed by atoms with Crippen LogP contribution in [-0.2, 0) is 22.6 Å². The lowest BCUT2D eigenvalue weighted by molar-refractivity contribution is -0.133. The van der Waals surface area contributed by atoms with Crippen LogP contribution >= 0.6 is 27.3 Å². The number of nitrogens with zero attached hydrogens (tertiary/aromatic N) is 2. The van der Waals surface area contributed by atoms with Crippen molar-refractivity contribution in [1.29, 1.82) is 0 Å². The van der Waals surface area contributed by atoms with Crippen molar-refractivity contribution < 1.29 is 14.3 Å². The molecule has 1 saturated heterocycles. The lowest BCUT2D eigenvalue weighted by Crippen LogP contribution is -2.46. The van der Waals surface area contributed by atoms with E-state index < -0.39 is 0 Å². The van der Waals surface area contributed by atoms with Crippen molar-refractivity contribution in [2.45, 2.75) is 39.0 Å². The van der Waals surface area contributed by atoms with Crippen molar-refractivity contribution in [2.75, 3.05) is 25.0 Å². The maximum absolute atomic E-state index is 13.6. The predicted molar refractivity (Wildman–Crippen MR) is 143 cm³/mol. The Labute approximate surface area is 219 Å². The highest BCUT2D eigenvalue weighted by Crippen LogP contribution is 2.20. The van der Waals surface area contributed by atoms with Gasteiger partial charge >= 0.3 is 6.03 Å². The first-order chi connectivity index (χ1) is 17.0. The molecule has 0 saturated carbocycles. The number of urea groups is 1. The molecule has 1 N–H and O–H groups in total. The second-order valence-electron chi connectivity index (χ2n) is 8.70. The van der Waals surface area contributed by atoms with Gasteiger partial charge in [0.25, 0.3) is 0 Å². The van der Waals surface area contributed by atoms with Crippen molar-refractivity contribution in [1.82, 2.24) is 9.80 Å². The highest BCUT2D eigenvalue weighted by molar-refractivity contribution is 9.10. The number of ether oxygens (including phenoxy) is 1. The average Bonchev–Trinajstić information content (AvgIpc) is 3.52. The monoisotopic (exact) mass is 555 g/mol. The number of rotatable bonds is 9. The fourth-order valence-electron chi connectivity index (χ4n) is 4.05. The molecule has 0 aliphatic carbocycles. The number of amides is 3. The molecule has 1 aromatic heterocycles. The molecule has 0 bridgehead atoms. The zero-order valence-corrected chi connectivity index (χ0v) is 22.2. The standard InChI is InChI=1S/C27H30BrN3O3S/c1-20-9-14-25(35-20)18-30(16-21-6-3-2-4-7-21)26(32)19-31(17-24-8-5-15-34-24)27(33)29-23-12-10-22(28)11-13-23/h2-4,6-7,9-14,24H,5,8,15-19H2,1H3,(H,29,33). The van der Waals surface area contributed by atoms with Crippen LogP contribution in [-0.4, -0.2) is 47.5 Å². The third-order valence-electron chi connectivity index (χ3n) is 5.87. The lowest BCUT2D eigenvalue weighted by atomic mass is 10.2. The van der Waals surface area contributed by atoms with E-state index in [1.165, 1.54) is 4.88 Å². The van der Waals surface area contributed by atoms with Crippen molar-refractivity contribution >= 4 is 44.9 Å². The van der Waals surface area contributed by atoms with Crippen LogP contribution in [0.1, 0.15) is 28.2 Å². The summed E-state index contributed by atoms with van der Waals surface area (Å²) in [5, 5.41) is 2.93. The van der Waals surface area contributed by atoms with Crippen molar-refractivity contribution in [3.63, 3.8) is 0 Å². The molecule has 4 rings (SSSR count).